The van der Waals surface area contributed by atoms with Crippen molar-refractivity contribution in [3.63, 3.8) is 0 Å². The molecule has 0 aliphatic carbocycles. The van der Waals surface area contributed by atoms with Crippen LogP contribution in [0.5, 0.6) is 0 Å². The maximum Gasteiger partial charge on any atom is 0.0223 e. The summed E-state index contributed by atoms with van der Waals surface area (Å²) in [6.45, 7) is 7.60. The Balaban J connectivity index is 1.56. The molecule has 100 valence electrons. The summed E-state index contributed by atoms with van der Waals surface area (Å²) in [6.07, 6.45) is 5.49. The largest absolute Gasteiger partial charge is 0.298 e. The van der Waals surface area contributed by atoms with Crippen LogP contribution in [0.1, 0.15) is 31.7 Å². The SMILES string of the molecule is CC(Cc1ccsc1)N1CCN2CCCCC2C1. The number of piperazine rings is 1. The van der Waals surface area contributed by atoms with Crippen LogP contribution in [-0.2, 0) is 6.42 Å². The van der Waals surface area contributed by atoms with Crippen molar-refractivity contribution in [3.05, 3.63) is 22.4 Å². The van der Waals surface area contributed by atoms with Gasteiger partial charge in [0.2, 0.25) is 0 Å². The molecule has 2 atom stereocenters. The Bertz CT molecular complexity index is 363. The van der Waals surface area contributed by atoms with Crippen LogP contribution >= 0.6 is 11.3 Å². The molecular weight excluding hydrogens is 240 g/mol. The third-order valence-corrected chi connectivity index (χ3v) is 5.34. The Morgan fingerprint density at radius 1 is 1.33 bits per heavy atom. The zero-order valence-corrected chi connectivity index (χ0v) is 12.2. The lowest BCUT2D eigenvalue weighted by atomic mass is 9.98. The van der Waals surface area contributed by atoms with E-state index >= 15 is 0 Å². The molecule has 2 fully saturated rings. The normalized spacial score (nSPS) is 27.9. The highest BCUT2D eigenvalue weighted by molar-refractivity contribution is 7.07. The van der Waals surface area contributed by atoms with Crippen LogP contribution in [0.4, 0.5) is 0 Å². The maximum atomic E-state index is 2.72. The summed E-state index contributed by atoms with van der Waals surface area (Å²) >= 11 is 1.82. The van der Waals surface area contributed by atoms with E-state index in [1.807, 2.05) is 11.3 Å². The van der Waals surface area contributed by atoms with Gasteiger partial charge < -0.3 is 0 Å². The minimum atomic E-state index is 0.698. The fourth-order valence-corrected chi connectivity index (χ4v) is 4.14. The van der Waals surface area contributed by atoms with Gasteiger partial charge in [0, 0.05) is 31.7 Å². The fourth-order valence-electron chi connectivity index (χ4n) is 3.46. The van der Waals surface area contributed by atoms with E-state index < -0.39 is 0 Å². The van der Waals surface area contributed by atoms with E-state index in [9.17, 15) is 0 Å². The summed E-state index contributed by atoms with van der Waals surface area (Å²) < 4.78 is 0. The van der Waals surface area contributed by atoms with E-state index in [2.05, 4.69) is 33.6 Å². The smallest absolute Gasteiger partial charge is 0.0223 e. The van der Waals surface area contributed by atoms with Crippen molar-refractivity contribution in [1.82, 2.24) is 9.80 Å². The van der Waals surface area contributed by atoms with Gasteiger partial charge >= 0.3 is 0 Å². The van der Waals surface area contributed by atoms with Gasteiger partial charge in [-0.3, -0.25) is 9.80 Å². The third kappa shape index (κ3) is 2.79. The molecule has 18 heavy (non-hydrogen) atoms. The van der Waals surface area contributed by atoms with Crippen LogP contribution in [0, 0.1) is 0 Å². The molecule has 3 rings (SSSR count). The van der Waals surface area contributed by atoms with Gasteiger partial charge in [-0.05, 0) is 55.1 Å². The average molecular weight is 264 g/mol. The van der Waals surface area contributed by atoms with Crippen molar-refractivity contribution in [2.24, 2.45) is 0 Å². The predicted octanol–water partition coefficient (Wildman–Crippen LogP) is 2.85. The second kappa shape index (κ2) is 5.72. The highest BCUT2D eigenvalue weighted by Crippen LogP contribution is 2.23. The quantitative estimate of drug-likeness (QED) is 0.828. The number of piperidine rings is 1. The lowest BCUT2D eigenvalue weighted by Gasteiger charge is -2.46. The molecule has 1 aromatic heterocycles. The van der Waals surface area contributed by atoms with Crippen LogP contribution in [0.2, 0.25) is 0 Å². The Morgan fingerprint density at radius 2 is 2.28 bits per heavy atom. The molecule has 0 N–H and O–H groups in total. The molecule has 2 nitrogen and oxygen atoms in total. The molecule has 2 unspecified atom stereocenters. The molecule has 3 heterocycles. The van der Waals surface area contributed by atoms with Crippen LogP contribution < -0.4 is 0 Å². The van der Waals surface area contributed by atoms with E-state index in [0.29, 0.717) is 6.04 Å². The van der Waals surface area contributed by atoms with Crippen molar-refractivity contribution in [2.75, 3.05) is 26.2 Å². The molecular formula is C15H24N2S. The third-order valence-electron chi connectivity index (χ3n) is 4.60. The highest BCUT2D eigenvalue weighted by Gasteiger charge is 2.30. The van der Waals surface area contributed by atoms with Crippen molar-refractivity contribution < 1.29 is 0 Å². The van der Waals surface area contributed by atoms with Gasteiger partial charge in [0.15, 0.2) is 0 Å². The highest BCUT2D eigenvalue weighted by atomic mass is 32.1. The topological polar surface area (TPSA) is 6.48 Å². The maximum absolute atomic E-state index is 2.72. The summed E-state index contributed by atoms with van der Waals surface area (Å²) in [6, 6.07) is 3.82. The predicted molar refractivity (Wildman–Crippen MR) is 78.3 cm³/mol. The zero-order chi connectivity index (χ0) is 12.4. The Hall–Kier alpha value is -0.380. The van der Waals surface area contributed by atoms with Crippen LogP contribution in [0.15, 0.2) is 16.8 Å². The Kier molecular flexibility index (Phi) is 4.02. The van der Waals surface area contributed by atoms with E-state index in [1.54, 1.807) is 0 Å². The molecule has 1 aromatic rings. The first-order valence-electron chi connectivity index (χ1n) is 7.32. The summed E-state index contributed by atoms with van der Waals surface area (Å²) in [4.78, 5) is 5.43. The van der Waals surface area contributed by atoms with Crippen molar-refractivity contribution >= 4 is 11.3 Å². The Morgan fingerprint density at radius 3 is 3.11 bits per heavy atom. The van der Waals surface area contributed by atoms with Gasteiger partial charge in [0.1, 0.15) is 0 Å². The zero-order valence-electron chi connectivity index (χ0n) is 11.3. The summed E-state index contributed by atoms with van der Waals surface area (Å²) in [7, 11) is 0. The monoisotopic (exact) mass is 264 g/mol. The van der Waals surface area contributed by atoms with Crippen LogP contribution in [0.3, 0.4) is 0 Å². The lowest BCUT2D eigenvalue weighted by molar-refractivity contribution is 0.0312. The van der Waals surface area contributed by atoms with Crippen molar-refractivity contribution in [2.45, 2.75) is 44.7 Å². The van der Waals surface area contributed by atoms with Crippen molar-refractivity contribution in [1.29, 1.82) is 0 Å². The first-order valence-corrected chi connectivity index (χ1v) is 8.26. The number of fused-ring (bicyclic) bond motifs is 1. The fraction of sp³-hybridized carbons (Fsp3) is 0.733. The van der Waals surface area contributed by atoms with Gasteiger partial charge in [-0.15, -0.1) is 0 Å². The molecule has 0 amide bonds. The Labute approximate surface area is 115 Å². The molecule has 2 aliphatic heterocycles. The summed E-state index contributed by atoms with van der Waals surface area (Å²) in [5, 5.41) is 4.49. The second-order valence-corrected chi connectivity index (χ2v) is 6.65. The minimum Gasteiger partial charge on any atom is -0.298 e. The lowest BCUT2D eigenvalue weighted by Crippen LogP contribution is -2.57. The van der Waals surface area contributed by atoms with Gasteiger partial charge in [-0.25, -0.2) is 0 Å². The molecule has 0 aromatic carbocycles. The van der Waals surface area contributed by atoms with E-state index in [0.717, 1.165) is 6.04 Å². The van der Waals surface area contributed by atoms with Gasteiger partial charge in [0.05, 0.1) is 0 Å². The van der Waals surface area contributed by atoms with Crippen molar-refractivity contribution in [3.8, 4) is 0 Å². The molecule has 3 heteroatoms. The van der Waals surface area contributed by atoms with E-state index in [1.165, 1.54) is 57.4 Å². The van der Waals surface area contributed by atoms with Crippen LogP contribution in [0.25, 0.3) is 0 Å². The van der Waals surface area contributed by atoms with E-state index in [4.69, 9.17) is 0 Å². The van der Waals surface area contributed by atoms with Gasteiger partial charge in [-0.1, -0.05) is 6.42 Å². The molecule has 2 aliphatic rings. The number of thiophene rings is 1. The summed E-state index contributed by atoms with van der Waals surface area (Å²) in [5.74, 6) is 0. The molecule has 0 radical (unpaired) electrons. The second-order valence-electron chi connectivity index (χ2n) is 5.87. The molecule has 0 bridgehead atoms. The molecule has 0 spiro atoms. The minimum absolute atomic E-state index is 0.698. The van der Waals surface area contributed by atoms with Crippen LogP contribution in [-0.4, -0.2) is 48.1 Å². The first-order chi connectivity index (χ1) is 8.83. The number of hydrogen-bond acceptors (Lipinski definition) is 3. The van der Waals surface area contributed by atoms with Gasteiger partial charge in [-0.2, -0.15) is 11.3 Å². The first kappa shape index (κ1) is 12.6. The van der Waals surface area contributed by atoms with E-state index in [-0.39, 0.29) is 0 Å². The summed E-state index contributed by atoms with van der Waals surface area (Å²) in [5.41, 5.74) is 1.51. The number of rotatable bonds is 3. The molecule has 0 saturated carbocycles. The van der Waals surface area contributed by atoms with Gasteiger partial charge in [0.25, 0.3) is 0 Å². The molecule has 2 saturated heterocycles. The standard InChI is InChI=1S/C15H24N2S/c1-13(10-14-5-9-18-12-14)17-8-7-16-6-3-2-4-15(16)11-17/h5,9,12-13,15H,2-4,6-8,10-11H2,1H3. The number of nitrogens with zero attached hydrogens (tertiary/aromatic N) is 2. The average Bonchev–Trinajstić information content (AvgIpc) is 2.91. The number of hydrogen-bond donors (Lipinski definition) is 0.